The van der Waals surface area contributed by atoms with Gasteiger partial charge >= 0.3 is 0 Å². The summed E-state index contributed by atoms with van der Waals surface area (Å²) < 4.78 is 5.07. The van der Waals surface area contributed by atoms with Crippen LogP contribution in [0.3, 0.4) is 0 Å². The number of hydrogen-bond acceptors (Lipinski definition) is 4. The fourth-order valence-electron chi connectivity index (χ4n) is 1.93. The van der Waals surface area contributed by atoms with Gasteiger partial charge in [0, 0.05) is 24.4 Å². The van der Waals surface area contributed by atoms with Gasteiger partial charge in [0.1, 0.15) is 5.75 Å². The number of ether oxygens (including phenoxy) is 1. The molecule has 0 aliphatic rings. The zero-order chi connectivity index (χ0) is 14.5. The average Bonchev–Trinajstić information content (AvgIpc) is 2.45. The fraction of sp³-hybridized carbons (Fsp3) is 0.200. The Morgan fingerprint density at radius 2 is 2.05 bits per heavy atom. The lowest BCUT2D eigenvalue weighted by Crippen LogP contribution is -2.01. The molecule has 0 aromatic heterocycles. The molecule has 2 rings (SSSR count). The molecule has 0 saturated heterocycles. The van der Waals surface area contributed by atoms with E-state index in [-0.39, 0.29) is 5.69 Å². The number of hydrogen-bond donors (Lipinski definition) is 1. The lowest BCUT2D eigenvalue weighted by molar-refractivity contribution is -0.384. The van der Waals surface area contributed by atoms with E-state index in [0.717, 1.165) is 5.56 Å². The van der Waals surface area contributed by atoms with E-state index in [1.54, 1.807) is 6.07 Å². The summed E-state index contributed by atoms with van der Waals surface area (Å²) in [6.45, 7) is 2.63. The van der Waals surface area contributed by atoms with Crippen molar-refractivity contribution in [2.24, 2.45) is 0 Å². The van der Waals surface area contributed by atoms with Crippen LogP contribution >= 0.6 is 0 Å². The number of methoxy groups -OCH3 is 1. The van der Waals surface area contributed by atoms with Crippen molar-refractivity contribution in [3.63, 3.8) is 0 Å². The van der Waals surface area contributed by atoms with E-state index in [4.69, 9.17) is 4.74 Å². The zero-order valence-electron chi connectivity index (χ0n) is 11.4. The second kappa shape index (κ2) is 6.06. The number of nitro groups is 1. The van der Waals surface area contributed by atoms with Gasteiger partial charge in [0.15, 0.2) is 0 Å². The van der Waals surface area contributed by atoms with Crippen LogP contribution in [0.15, 0.2) is 42.5 Å². The Kier molecular flexibility index (Phi) is 4.20. The highest BCUT2D eigenvalue weighted by Gasteiger charge is 2.10. The topological polar surface area (TPSA) is 64.4 Å². The van der Waals surface area contributed by atoms with Crippen molar-refractivity contribution in [1.29, 1.82) is 0 Å². The Balaban J connectivity index is 2.16. The van der Waals surface area contributed by atoms with Crippen LogP contribution in [-0.2, 0) is 6.54 Å². The van der Waals surface area contributed by atoms with Gasteiger partial charge in [0.25, 0.3) is 5.69 Å². The molecule has 0 saturated carbocycles. The Labute approximate surface area is 117 Å². The maximum absolute atomic E-state index is 10.9. The SMILES string of the molecule is COc1cc(NCc2cccc(C)c2)cc([N+](=O)[O-])c1. The first-order valence-corrected chi connectivity index (χ1v) is 6.21. The Hall–Kier alpha value is -2.56. The van der Waals surface area contributed by atoms with Gasteiger partial charge in [-0.3, -0.25) is 10.1 Å². The van der Waals surface area contributed by atoms with Crippen LogP contribution in [-0.4, -0.2) is 12.0 Å². The van der Waals surface area contributed by atoms with Gasteiger partial charge in [-0.2, -0.15) is 0 Å². The summed E-state index contributed by atoms with van der Waals surface area (Å²) in [5, 5.41) is 14.0. The molecule has 0 fully saturated rings. The molecule has 0 aliphatic heterocycles. The third kappa shape index (κ3) is 3.47. The number of non-ortho nitro benzene ring substituents is 1. The number of nitrogens with zero attached hydrogens (tertiary/aromatic N) is 1. The van der Waals surface area contributed by atoms with Crippen LogP contribution in [0.4, 0.5) is 11.4 Å². The smallest absolute Gasteiger partial charge is 0.275 e. The predicted octanol–water partition coefficient (Wildman–Crippen LogP) is 3.52. The molecule has 0 radical (unpaired) electrons. The monoisotopic (exact) mass is 272 g/mol. The average molecular weight is 272 g/mol. The maximum Gasteiger partial charge on any atom is 0.275 e. The van der Waals surface area contributed by atoms with Gasteiger partial charge in [0.05, 0.1) is 18.1 Å². The van der Waals surface area contributed by atoms with Crippen molar-refractivity contribution in [1.82, 2.24) is 0 Å². The van der Waals surface area contributed by atoms with Gasteiger partial charge in [-0.15, -0.1) is 0 Å². The minimum absolute atomic E-state index is 0.0103. The first-order valence-electron chi connectivity index (χ1n) is 6.21. The quantitative estimate of drug-likeness (QED) is 0.668. The second-order valence-corrected chi connectivity index (χ2v) is 4.52. The molecular weight excluding hydrogens is 256 g/mol. The number of anilines is 1. The van der Waals surface area contributed by atoms with E-state index in [0.29, 0.717) is 18.0 Å². The molecule has 0 unspecified atom stereocenters. The highest BCUT2D eigenvalue weighted by molar-refractivity contribution is 5.56. The Morgan fingerprint density at radius 1 is 1.25 bits per heavy atom. The van der Waals surface area contributed by atoms with Gasteiger partial charge in [-0.05, 0) is 12.5 Å². The fourth-order valence-corrected chi connectivity index (χ4v) is 1.93. The van der Waals surface area contributed by atoms with Crippen molar-refractivity contribution < 1.29 is 9.66 Å². The summed E-state index contributed by atoms with van der Waals surface area (Å²) >= 11 is 0. The second-order valence-electron chi connectivity index (χ2n) is 4.52. The van der Waals surface area contributed by atoms with Gasteiger partial charge in [-0.1, -0.05) is 29.8 Å². The molecule has 104 valence electrons. The van der Waals surface area contributed by atoms with Crippen molar-refractivity contribution >= 4 is 11.4 Å². The molecule has 1 N–H and O–H groups in total. The van der Waals surface area contributed by atoms with Gasteiger partial charge in [-0.25, -0.2) is 0 Å². The van der Waals surface area contributed by atoms with Crippen LogP contribution in [0.1, 0.15) is 11.1 Å². The zero-order valence-corrected chi connectivity index (χ0v) is 11.4. The van der Waals surface area contributed by atoms with E-state index in [2.05, 4.69) is 11.4 Å². The lowest BCUT2D eigenvalue weighted by atomic mass is 10.1. The molecule has 0 atom stereocenters. The van der Waals surface area contributed by atoms with Crippen molar-refractivity contribution in [3.8, 4) is 5.75 Å². The summed E-state index contributed by atoms with van der Waals surface area (Å²) in [6, 6.07) is 12.7. The van der Waals surface area contributed by atoms with Crippen LogP contribution in [0.25, 0.3) is 0 Å². The third-order valence-corrected chi connectivity index (χ3v) is 2.92. The molecule has 0 heterocycles. The highest BCUT2D eigenvalue weighted by atomic mass is 16.6. The lowest BCUT2D eigenvalue weighted by Gasteiger charge is -2.09. The van der Waals surface area contributed by atoms with Crippen LogP contribution in [0.2, 0.25) is 0 Å². The molecule has 0 amide bonds. The van der Waals surface area contributed by atoms with Crippen LogP contribution < -0.4 is 10.1 Å². The van der Waals surface area contributed by atoms with Crippen molar-refractivity contribution in [3.05, 3.63) is 63.7 Å². The first-order chi connectivity index (χ1) is 9.58. The number of nitrogens with one attached hydrogen (secondary N) is 1. The Bertz CT molecular complexity index is 626. The van der Waals surface area contributed by atoms with Crippen molar-refractivity contribution in [2.45, 2.75) is 13.5 Å². The molecule has 0 bridgehead atoms. The molecule has 5 heteroatoms. The van der Waals surface area contributed by atoms with E-state index in [1.807, 2.05) is 25.1 Å². The number of nitro benzene ring substituents is 1. The third-order valence-electron chi connectivity index (χ3n) is 2.92. The van der Waals surface area contributed by atoms with E-state index in [9.17, 15) is 10.1 Å². The molecule has 5 nitrogen and oxygen atoms in total. The van der Waals surface area contributed by atoms with Crippen molar-refractivity contribution in [2.75, 3.05) is 12.4 Å². The molecule has 2 aromatic carbocycles. The predicted molar refractivity (Wildman–Crippen MR) is 78.2 cm³/mol. The summed E-state index contributed by atoms with van der Waals surface area (Å²) in [7, 11) is 1.49. The molecule has 0 aliphatic carbocycles. The Morgan fingerprint density at radius 3 is 2.70 bits per heavy atom. The standard InChI is InChI=1S/C15H16N2O3/c1-11-4-3-5-12(6-11)10-16-13-7-14(17(18)19)9-15(8-13)20-2/h3-9,16H,10H2,1-2H3. The number of benzene rings is 2. The minimum atomic E-state index is -0.430. The summed E-state index contributed by atoms with van der Waals surface area (Å²) in [4.78, 5) is 10.4. The molecule has 0 spiro atoms. The largest absolute Gasteiger partial charge is 0.496 e. The maximum atomic E-state index is 10.9. The van der Waals surface area contributed by atoms with E-state index < -0.39 is 4.92 Å². The number of rotatable bonds is 5. The van der Waals surface area contributed by atoms with Gasteiger partial charge < -0.3 is 10.1 Å². The molecule has 20 heavy (non-hydrogen) atoms. The molecular formula is C15H16N2O3. The van der Waals surface area contributed by atoms with Crippen LogP contribution in [0.5, 0.6) is 5.75 Å². The minimum Gasteiger partial charge on any atom is -0.496 e. The normalized spacial score (nSPS) is 10.1. The van der Waals surface area contributed by atoms with Crippen LogP contribution in [0, 0.1) is 17.0 Å². The summed E-state index contributed by atoms with van der Waals surface area (Å²) in [5.74, 6) is 0.464. The van der Waals surface area contributed by atoms with Gasteiger partial charge in [0.2, 0.25) is 0 Å². The summed E-state index contributed by atoms with van der Waals surface area (Å²) in [5.41, 5.74) is 2.98. The van der Waals surface area contributed by atoms with E-state index in [1.165, 1.54) is 24.8 Å². The van der Waals surface area contributed by atoms with E-state index >= 15 is 0 Å². The highest BCUT2D eigenvalue weighted by Crippen LogP contribution is 2.26. The number of aryl methyl sites for hydroxylation is 1. The first kappa shape index (κ1) is 13.9. The summed E-state index contributed by atoms with van der Waals surface area (Å²) in [6.07, 6.45) is 0. The molecule has 2 aromatic rings.